The molecule has 0 saturated carbocycles. The van der Waals surface area contributed by atoms with Gasteiger partial charge in [0, 0.05) is 12.0 Å². The summed E-state index contributed by atoms with van der Waals surface area (Å²) in [6, 6.07) is 0. The molecule has 0 aromatic carbocycles. The molecule has 1 rings (SSSR count). The fourth-order valence-corrected chi connectivity index (χ4v) is 1.40. The summed E-state index contributed by atoms with van der Waals surface area (Å²) < 4.78 is 4.91. The van der Waals surface area contributed by atoms with E-state index in [1.807, 2.05) is 6.92 Å². The predicted molar refractivity (Wildman–Crippen MR) is 54.2 cm³/mol. The summed E-state index contributed by atoms with van der Waals surface area (Å²) in [5.74, 6) is -0.549. The minimum Gasteiger partial charge on any atom is -0.465 e. The molecule has 4 nitrogen and oxygen atoms in total. The fraction of sp³-hybridized carbons (Fsp3) is 0.636. The third kappa shape index (κ3) is 3.83. The number of unbranched alkanes of at least 4 members (excludes halogenated alkanes) is 1. The minimum absolute atomic E-state index is 0.0143. The number of aliphatic hydroxyl groups is 1. The number of esters is 1. The molecular formula is C11H16O4. The van der Waals surface area contributed by atoms with Gasteiger partial charge in [0.1, 0.15) is 0 Å². The summed E-state index contributed by atoms with van der Waals surface area (Å²) in [5.41, 5.74) is 0.379. The Bertz CT molecular complexity index is 280. The Labute approximate surface area is 88.9 Å². The highest BCUT2D eigenvalue weighted by Crippen LogP contribution is 2.18. The predicted octanol–water partition coefficient (Wildman–Crippen LogP) is 0.980. The highest BCUT2D eigenvalue weighted by Gasteiger charge is 2.24. The molecule has 1 aliphatic carbocycles. The number of rotatable bonds is 5. The van der Waals surface area contributed by atoms with Crippen LogP contribution in [0, 0.1) is 0 Å². The molecule has 0 heterocycles. The quantitative estimate of drug-likeness (QED) is 0.545. The zero-order valence-corrected chi connectivity index (χ0v) is 8.86. The number of ether oxygens (including phenoxy) is 1. The van der Waals surface area contributed by atoms with Gasteiger partial charge in [-0.3, -0.25) is 9.59 Å². The van der Waals surface area contributed by atoms with Crippen LogP contribution in [-0.2, 0) is 14.3 Å². The molecule has 0 spiro atoms. The molecule has 0 aliphatic heterocycles. The molecule has 0 unspecified atom stereocenters. The zero-order valence-electron chi connectivity index (χ0n) is 8.86. The van der Waals surface area contributed by atoms with Gasteiger partial charge >= 0.3 is 5.97 Å². The fourth-order valence-electron chi connectivity index (χ4n) is 1.40. The number of ketones is 1. The largest absolute Gasteiger partial charge is 0.465 e. The molecule has 0 bridgehead atoms. The maximum Gasteiger partial charge on any atom is 0.310 e. The summed E-state index contributed by atoms with van der Waals surface area (Å²) >= 11 is 0. The first-order valence-electron chi connectivity index (χ1n) is 5.21. The van der Waals surface area contributed by atoms with E-state index < -0.39 is 12.1 Å². The van der Waals surface area contributed by atoms with E-state index in [-0.39, 0.29) is 18.6 Å². The van der Waals surface area contributed by atoms with E-state index >= 15 is 0 Å². The number of hydrogen-bond donors (Lipinski definition) is 1. The summed E-state index contributed by atoms with van der Waals surface area (Å²) in [5, 5.41) is 9.15. The van der Waals surface area contributed by atoms with Crippen molar-refractivity contribution in [1.29, 1.82) is 0 Å². The van der Waals surface area contributed by atoms with Crippen LogP contribution in [0.1, 0.15) is 32.6 Å². The summed E-state index contributed by atoms with van der Waals surface area (Å²) in [4.78, 5) is 22.4. The van der Waals surface area contributed by atoms with Gasteiger partial charge in [-0.15, -0.1) is 0 Å². The SMILES string of the molecule is CCCCOC(=O)CC1=C[C@@H](O)CC1=O. The van der Waals surface area contributed by atoms with Crippen molar-refractivity contribution in [2.75, 3.05) is 6.61 Å². The third-order valence-electron chi connectivity index (χ3n) is 2.24. The second kappa shape index (κ2) is 5.66. The van der Waals surface area contributed by atoms with Gasteiger partial charge in [-0.1, -0.05) is 13.3 Å². The zero-order chi connectivity index (χ0) is 11.3. The molecule has 0 aromatic rings. The van der Waals surface area contributed by atoms with Crippen LogP contribution in [0.5, 0.6) is 0 Å². The van der Waals surface area contributed by atoms with E-state index in [4.69, 9.17) is 9.84 Å². The van der Waals surface area contributed by atoms with Crippen molar-refractivity contribution in [2.24, 2.45) is 0 Å². The van der Waals surface area contributed by atoms with Gasteiger partial charge in [0.25, 0.3) is 0 Å². The maximum absolute atomic E-state index is 11.2. The topological polar surface area (TPSA) is 63.6 Å². The van der Waals surface area contributed by atoms with Crippen LogP contribution in [0.3, 0.4) is 0 Å². The smallest absolute Gasteiger partial charge is 0.310 e. The standard InChI is InChI=1S/C11H16O4/c1-2-3-4-15-11(14)6-8-5-9(12)7-10(8)13/h5,9,12H,2-4,6-7H2,1H3/t9-/m1/s1. The Kier molecular flexibility index (Phi) is 4.49. The second-order valence-electron chi connectivity index (χ2n) is 3.64. The van der Waals surface area contributed by atoms with E-state index in [2.05, 4.69) is 0 Å². The van der Waals surface area contributed by atoms with Gasteiger partial charge < -0.3 is 9.84 Å². The lowest BCUT2D eigenvalue weighted by Crippen LogP contribution is -2.09. The lowest BCUT2D eigenvalue weighted by Gasteiger charge is -2.03. The Balaban J connectivity index is 2.32. The summed E-state index contributed by atoms with van der Waals surface area (Å²) in [7, 11) is 0. The first-order chi connectivity index (χ1) is 7.13. The average molecular weight is 212 g/mol. The van der Waals surface area contributed by atoms with Gasteiger partial charge in [-0.2, -0.15) is 0 Å². The molecule has 1 aliphatic rings. The van der Waals surface area contributed by atoms with Gasteiger partial charge in [0.15, 0.2) is 5.78 Å². The monoisotopic (exact) mass is 212 g/mol. The average Bonchev–Trinajstić information content (AvgIpc) is 2.45. The van der Waals surface area contributed by atoms with E-state index in [1.165, 1.54) is 6.08 Å². The van der Waals surface area contributed by atoms with Crippen molar-refractivity contribution in [1.82, 2.24) is 0 Å². The first kappa shape index (κ1) is 11.9. The van der Waals surface area contributed by atoms with Crippen LogP contribution in [0.4, 0.5) is 0 Å². The third-order valence-corrected chi connectivity index (χ3v) is 2.24. The number of carbonyl (C=O) groups excluding carboxylic acids is 2. The highest BCUT2D eigenvalue weighted by atomic mass is 16.5. The number of hydrogen-bond acceptors (Lipinski definition) is 4. The number of aliphatic hydroxyl groups excluding tert-OH is 1. The van der Waals surface area contributed by atoms with Gasteiger partial charge in [-0.25, -0.2) is 0 Å². The molecule has 0 saturated heterocycles. The van der Waals surface area contributed by atoms with Crippen molar-refractivity contribution in [3.8, 4) is 0 Å². The van der Waals surface area contributed by atoms with Gasteiger partial charge in [0.05, 0.1) is 19.1 Å². The summed E-state index contributed by atoms with van der Waals surface area (Å²) in [6.45, 7) is 2.41. The lowest BCUT2D eigenvalue weighted by molar-refractivity contribution is -0.143. The van der Waals surface area contributed by atoms with Crippen molar-refractivity contribution in [2.45, 2.75) is 38.7 Å². The van der Waals surface area contributed by atoms with Crippen LogP contribution < -0.4 is 0 Å². The molecule has 0 radical (unpaired) electrons. The molecular weight excluding hydrogens is 196 g/mol. The maximum atomic E-state index is 11.2. The molecule has 0 aromatic heterocycles. The van der Waals surface area contributed by atoms with Crippen LogP contribution in [0.15, 0.2) is 11.6 Å². The highest BCUT2D eigenvalue weighted by molar-refractivity contribution is 6.01. The normalized spacial score (nSPS) is 20.3. The van der Waals surface area contributed by atoms with E-state index in [1.54, 1.807) is 0 Å². The molecule has 15 heavy (non-hydrogen) atoms. The molecule has 0 fully saturated rings. The Morgan fingerprint density at radius 3 is 2.93 bits per heavy atom. The minimum atomic E-state index is -0.726. The van der Waals surface area contributed by atoms with E-state index in [0.717, 1.165) is 12.8 Å². The van der Waals surface area contributed by atoms with Crippen molar-refractivity contribution in [3.05, 3.63) is 11.6 Å². The molecule has 4 heteroatoms. The first-order valence-corrected chi connectivity index (χ1v) is 5.21. The van der Waals surface area contributed by atoms with Crippen LogP contribution >= 0.6 is 0 Å². The van der Waals surface area contributed by atoms with Gasteiger partial charge in [0.2, 0.25) is 0 Å². The summed E-state index contributed by atoms with van der Waals surface area (Å²) in [6.07, 6.45) is 2.59. The number of Topliss-reactive ketones (excluding diaryl/α,β-unsaturated/α-hetero) is 1. The number of carbonyl (C=O) groups is 2. The second-order valence-corrected chi connectivity index (χ2v) is 3.64. The molecule has 1 N–H and O–H groups in total. The molecule has 84 valence electrons. The molecule has 0 amide bonds. The lowest BCUT2D eigenvalue weighted by atomic mass is 10.1. The Hall–Kier alpha value is -1.16. The van der Waals surface area contributed by atoms with Gasteiger partial charge in [-0.05, 0) is 12.5 Å². The van der Waals surface area contributed by atoms with E-state index in [0.29, 0.717) is 12.2 Å². The van der Waals surface area contributed by atoms with Crippen LogP contribution in [-0.4, -0.2) is 29.6 Å². The van der Waals surface area contributed by atoms with Crippen LogP contribution in [0.2, 0.25) is 0 Å². The molecule has 1 atom stereocenters. The Morgan fingerprint density at radius 2 is 2.40 bits per heavy atom. The van der Waals surface area contributed by atoms with E-state index in [9.17, 15) is 9.59 Å². The van der Waals surface area contributed by atoms with Crippen molar-refractivity contribution in [3.63, 3.8) is 0 Å². The van der Waals surface area contributed by atoms with Crippen LogP contribution in [0.25, 0.3) is 0 Å². The van der Waals surface area contributed by atoms with Crippen molar-refractivity contribution < 1.29 is 19.4 Å². The van der Waals surface area contributed by atoms with Crippen molar-refractivity contribution >= 4 is 11.8 Å². The Morgan fingerprint density at radius 1 is 1.67 bits per heavy atom.